The predicted octanol–water partition coefficient (Wildman–Crippen LogP) is 2.57. The van der Waals surface area contributed by atoms with Gasteiger partial charge in [-0.05, 0) is 18.2 Å². The summed E-state index contributed by atoms with van der Waals surface area (Å²) in [5.41, 5.74) is 0.965. The van der Waals surface area contributed by atoms with Gasteiger partial charge in [-0.15, -0.1) is 0 Å². The molecule has 0 bridgehead atoms. The second-order valence-electron chi connectivity index (χ2n) is 2.84. The second kappa shape index (κ2) is 4.08. The Kier molecular flexibility index (Phi) is 2.81. The summed E-state index contributed by atoms with van der Waals surface area (Å²) in [6.07, 6.45) is 1.83. The van der Waals surface area contributed by atoms with Gasteiger partial charge in [0.2, 0.25) is 0 Å². The number of methoxy groups -OCH3 is 1. The zero-order valence-electron chi connectivity index (χ0n) is 7.70. The highest BCUT2D eigenvalue weighted by Gasteiger charge is 1.99. The first-order chi connectivity index (χ1) is 6.83. The Morgan fingerprint density at radius 2 is 2.29 bits per heavy atom. The Hall–Kier alpha value is -0.910. The molecule has 2 aromatic rings. The van der Waals surface area contributed by atoms with Crippen molar-refractivity contribution in [2.24, 2.45) is 0 Å². The summed E-state index contributed by atoms with van der Waals surface area (Å²) in [5.74, 6) is 1.70. The van der Waals surface area contributed by atoms with Crippen LogP contribution in [0.3, 0.4) is 0 Å². The SMILES string of the molecule is COc1ccc2nc(CI)ncc2c1. The largest absolute Gasteiger partial charge is 0.497 e. The van der Waals surface area contributed by atoms with Crippen molar-refractivity contribution in [1.29, 1.82) is 0 Å². The topological polar surface area (TPSA) is 35.0 Å². The molecule has 0 saturated carbocycles. The van der Waals surface area contributed by atoms with E-state index >= 15 is 0 Å². The van der Waals surface area contributed by atoms with Crippen molar-refractivity contribution in [3.05, 3.63) is 30.2 Å². The molecular weight excluding hydrogens is 291 g/mol. The molecule has 72 valence electrons. The minimum Gasteiger partial charge on any atom is -0.497 e. The predicted molar refractivity (Wildman–Crippen MR) is 63.8 cm³/mol. The molecule has 0 aliphatic carbocycles. The van der Waals surface area contributed by atoms with Gasteiger partial charge in [0.15, 0.2) is 0 Å². The summed E-state index contributed by atoms with van der Waals surface area (Å²) in [5, 5.41) is 1.01. The van der Waals surface area contributed by atoms with E-state index in [1.807, 2.05) is 24.4 Å². The molecule has 1 heterocycles. The highest BCUT2D eigenvalue weighted by molar-refractivity contribution is 14.1. The highest BCUT2D eigenvalue weighted by atomic mass is 127. The van der Waals surface area contributed by atoms with Gasteiger partial charge in [0, 0.05) is 11.6 Å². The van der Waals surface area contributed by atoms with E-state index in [0.717, 1.165) is 26.9 Å². The van der Waals surface area contributed by atoms with Crippen LogP contribution in [0.4, 0.5) is 0 Å². The Bertz CT molecular complexity index is 416. The first-order valence-electron chi connectivity index (χ1n) is 4.19. The molecule has 0 unspecified atom stereocenters. The van der Waals surface area contributed by atoms with Crippen LogP contribution in [0.25, 0.3) is 10.9 Å². The summed E-state index contributed by atoms with van der Waals surface area (Å²) in [6.45, 7) is 0. The highest BCUT2D eigenvalue weighted by Crippen LogP contribution is 2.18. The minimum absolute atomic E-state index is 0.833. The number of rotatable bonds is 2. The molecule has 2 rings (SSSR count). The van der Waals surface area contributed by atoms with Crippen molar-refractivity contribution >= 4 is 33.5 Å². The second-order valence-corrected chi connectivity index (χ2v) is 3.61. The number of nitrogens with zero attached hydrogens (tertiary/aromatic N) is 2. The lowest BCUT2D eigenvalue weighted by Crippen LogP contribution is -1.91. The van der Waals surface area contributed by atoms with Crippen molar-refractivity contribution in [1.82, 2.24) is 9.97 Å². The standard InChI is InChI=1S/C10H9IN2O/c1-14-8-2-3-9-7(4-8)6-12-10(5-11)13-9/h2-4,6H,5H2,1H3. The van der Waals surface area contributed by atoms with Crippen molar-refractivity contribution in [3.63, 3.8) is 0 Å². The van der Waals surface area contributed by atoms with Crippen LogP contribution in [0.5, 0.6) is 5.75 Å². The third-order valence-electron chi connectivity index (χ3n) is 1.96. The number of benzene rings is 1. The molecule has 0 saturated heterocycles. The van der Waals surface area contributed by atoms with Crippen LogP contribution in [0.1, 0.15) is 5.82 Å². The Labute approximate surface area is 95.7 Å². The van der Waals surface area contributed by atoms with Crippen molar-refractivity contribution in [2.45, 2.75) is 4.43 Å². The van der Waals surface area contributed by atoms with Gasteiger partial charge in [0.1, 0.15) is 11.6 Å². The van der Waals surface area contributed by atoms with Gasteiger partial charge in [-0.25, -0.2) is 9.97 Å². The van der Waals surface area contributed by atoms with E-state index in [9.17, 15) is 0 Å². The molecule has 0 fully saturated rings. The van der Waals surface area contributed by atoms with Crippen molar-refractivity contribution in [2.75, 3.05) is 7.11 Å². The van der Waals surface area contributed by atoms with Gasteiger partial charge in [0.05, 0.1) is 17.1 Å². The smallest absolute Gasteiger partial charge is 0.138 e. The Balaban J connectivity index is 2.57. The first kappa shape index (κ1) is 9.64. The van der Waals surface area contributed by atoms with Crippen LogP contribution in [-0.2, 0) is 4.43 Å². The first-order valence-corrected chi connectivity index (χ1v) is 5.71. The van der Waals surface area contributed by atoms with E-state index < -0.39 is 0 Å². The number of halogens is 1. The third kappa shape index (κ3) is 1.79. The minimum atomic E-state index is 0.833. The number of fused-ring (bicyclic) bond motifs is 1. The van der Waals surface area contributed by atoms with E-state index in [0.29, 0.717) is 0 Å². The molecule has 14 heavy (non-hydrogen) atoms. The van der Waals surface area contributed by atoms with Gasteiger partial charge in [0.25, 0.3) is 0 Å². The molecule has 1 aromatic carbocycles. The van der Waals surface area contributed by atoms with Crippen LogP contribution in [0.15, 0.2) is 24.4 Å². The average molecular weight is 300 g/mol. The van der Waals surface area contributed by atoms with Crippen LogP contribution in [0, 0.1) is 0 Å². The van der Waals surface area contributed by atoms with Crippen molar-refractivity contribution < 1.29 is 4.74 Å². The van der Waals surface area contributed by atoms with E-state index in [2.05, 4.69) is 32.6 Å². The normalized spacial score (nSPS) is 10.4. The lowest BCUT2D eigenvalue weighted by molar-refractivity contribution is 0.415. The number of alkyl halides is 1. The van der Waals surface area contributed by atoms with Gasteiger partial charge >= 0.3 is 0 Å². The number of ether oxygens (including phenoxy) is 1. The lowest BCUT2D eigenvalue weighted by Gasteiger charge is -2.02. The van der Waals surface area contributed by atoms with Gasteiger partial charge in [-0.2, -0.15) is 0 Å². The molecule has 4 heteroatoms. The number of aromatic nitrogens is 2. The Morgan fingerprint density at radius 3 is 3.00 bits per heavy atom. The maximum absolute atomic E-state index is 5.12. The number of hydrogen-bond donors (Lipinski definition) is 0. The molecule has 0 aliphatic rings. The summed E-state index contributed by atoms with van der Waals surface area (Å²) >= 11 is 2.25. The fourth-order valence-corrected chi connectivity index (χ4v) is 1.61. The molecule has 0 radical (unpaired) electrons. The maximum Gasteiger partial charge on any atom is 0.138 e. The average Bonchev–Trinajstić information content (AvgIpc) is 2.27. The summed E-state index contributed by atoms with van der Waals surface area (Å²) in [6, 6.07) is 5.80. The van der Waals surface area contributed by atoms with Crippen LogP contribution >= 0.6 is 22.6 Å². The fourth-order valence-electron chi connectivity index (χ4n) is 1.24. The van der Waals surface area contributed by atoms with E-state index in [1.54, 1.807) is 7.11 Å². The number of hydrogen-bond acceptors (Lipinski definition) is 3. The molecule has 0 N–H and O–H groups in total. The molecule has 3 nitrogen and oxygen atoms in total. The zero-order valence-corrected chi connectivity index (χ0v) is 9.85. The van der Waals surface area contributed by atoms with Crippen molar-refractivity contribution in [3.8, 4) is 5.75 Å². The summed E-state index contributed by atoms with van der Waals surface area (Å²) in [4.78, 5) is 8.62. The summed E-state index contributed by atoms with van der Waals surface area (Å²) in [7, 11) is 1.65. The van der Waals surface area contributed by atoms with Gasteiger partial charge in [-0.3, -0.25) is 0 Å². The summed E-state index contributed by atoms with van der Waals surface area (Å²) < 4.78 is 5.95. The monoisotopic (exact) mass is 300 g/mol. The van der Waals surface area contributed by atoms with E-state index in [4.69, 9.17) is 4.74 Å². The maximum atomic E-state index is 5.12. The van der Waals surface area contributed by atoms with Crippen LogP contribution in [0.2, 0.25) is 0 Å². The molecular formula is C10H9IN2O. The van der Waals surface area contributed by atoms with E-state index in [-0.39, 0.29) is 0 Å². The molecule has 0 aliphatic heterocycles. The van der Waals surface area contributed by atoms with Crippen LogP contribution < -0.4 is 4.74 Å². The molecule has 0 atom stereocenters. The fraction of sp³-hybridized carbons (Fsp3) is 0.200. The van der Waals surface area contributed by atoms with Crippen LogP contribution in [-0.4, -0.2) is 17.1 Å². The quantitative estimate of drug-likeness (QED) is 0.631. The zero-order chi connectivity index (χ0) is 9.97. The van der Waals surface area contributed by atoms with Gasteiger partial charge < -0.3 is 4.74 Å². The lowest BCUT2D eigenvalue weighted by atomic mass is 10.2. The molecule has 0 spiro atoms. The molecule has 0 amide bonds. The molecule has 1 aromatic heterocycles. The third-order valence-corrected chi connectivity index (χ3v) is 2.64. The van der Waals surface area contributed by atoms with E-state index in [1.165, 1.54) is 0 Å². The Morgan fingerprint density at radius 1 is 1.43 bits per heavy atom. The van der Waals surface area contributed by atoms with Gasteiger partial charge in [-0.1, -0.05) is 22.6 Å².